The van der Waals surface area contributed by atoms with Crippen LogP contribution < -0.4 is 26.0 Å². The first-order chi connectivity index (χ1) is 20.7. The quantitative estimate of drug-likeness (QED) is 0.195. The smallest absolute Gasteiger partial charge is 0.419 e. The van der Waals surface area contributed by atoms with Crippen LogP contribution in [0.4, 0.5) is 47.8 Å². The highest BCUT2D eigenvalue weighted by Gasteiger charge is 2.35. The normalized spacial score (nSPS) is 15.5. The van der Waals surface area contributed by atoms with Gasteiger partial charge in [-0.25, -0.2) is 4.39 Å². The number of benzene rings is 3. The van der Waals surface area contributed by atoms with Crippen LogP contribution in [0.3, 0.4) is 0 Å². The lowest BCUT2D eigenvalue weighted by molar-refractivity contribution is -0.140. The number of methoxy groups -OCH3 is 1. The molecule has 0 aliphatic carbocycles. The summed E-state index contributed by atoms with van der Waals surface area (Å²) >= 11 is 0.589. The van der Waals surface area contributed by atoms with Crippen molar-refractivity contribution in [1.82, 2.24) is 0 Å². The van der Waals surface area contributed by atoms with Gasteiger partial charge in [-0.15, -0.1) is 11.3 Å². The monoisotopic (exact) mass is 640 g/mol. The highest BCUT2D eigenvalue weighted by atomic mass is 32.1. The Morgan fingerprint density at radius 1 is 0.955 bits per heavy atom. The Morgan fingerprint density at radius 3 is 2.34 bits per heavy atom. The van der Waals surface area contributed by atoms with E-state index in [0.29, 0.717) is 42.2 Å². The van der Waals surface area contributed by atoms with Crippen molar-refractivity contribution in [1.29, 1.82) is 0 Å². The molecule has 232 valence electrons. The number of halogens is 7. The van der Waals surface area contributed by atoms with Crippen molar-refractivity contribution in [2.75, 3.05) is 35.7 Å². The number of thiophene rings is 1. The summed E-state index contributed by atoms with van der Waals surface area (Å²) in [6.07, 6.45) is -9.02. The second-order valence-electron chi connectivity index (χ2n) is 9.99. The lowest BCUT2D eigenvalue weighted by Crippen LogP contribution is -2.26. The summed E-state index contributed by atoms with van der Waals surface area (Å²) in [4.78, 5) is 28.6. The largest absolute Gasteiger partial charge is 0.496 e. The highest BCUT2D eigenvalue weighted by Crippen LogP contribution is 2.41. The van der Waals surface area contributed by atoms with Gasteiger partial charge in [0.15, 0.2) is 0 Å². The fourth-order valence-electron chi connectivity index (χ4n) is 4.84. The second-order valence-corrected chi connectivity index (χ2v) is 11.0. The molecular formula is C29H23F7N4O3S. The van der Waals surface area contributed by atoms with E-state index >= 15 is 0 Å². The van der Waals surface area contributed by atoms with Gasteiger partial charge in [-0.1, -0.05) is 6.07 Å². The lowest BCUT2D eigenvalue weighted by Gasteiger charge is -2.20. The van der Waals surface area contributed by atoms with E-state index in [9.17, 15) is 40.3 Å². The van der Waals surface area contributed by atoms with Crippen LogP contribution in [-0.4, -0.2) is 38.1 Å². The van der Waals surface area contributed by atoms with Crippen molar-refractivity contribution in [3.05, 3.63) is 82.0 Å². The summed E-state index contributed by atoms with van der Waals surface area (Å²) in [7, 11) is 1.34. The molecule has 1 atom stereocenters. The molecule has 0 spiro atoms. The lowest BCUT2D eigenvalue weighted by atomic mass is 10.1. The van der Waals surface area contributed by atoms with E-state index < -0.39 is 46.8 Å². The second kappa shape index (κ2) is 11.6. The molecule has 0 bridgehead atoms. The number of amides is 2. The minimum absolute atomic E-state index is 0.0258. The number of rotatable bonds is 6. The zero-order valence-electron chi connectivity index (χ0n) is 22.7. The SMILES string of the molecule is COc1ccc(N2CC[C@H](N)C2)cc1C(=O)Nc1c(C(=O)Nc2ccc(F)c(C(F)(F)F)c2)sc2cc(C(F)(F)F)ccc12. The number of nitrogens with two attached hydrogens (primary N) is 1. The Balaban J connectivity index is 1.55. The Kier molecular flexibility index (Phi) is 8.20. The zero-order valence-corrected chi connectivity index (χ0v) is 23.5. The molecule has 4 N–H and O–H groups in total. The first-order valence-electron chi connectivity index (χ1n) is 13.0. The average molecular weight is 641 g/mol. The molecule has 44 heavy (non-hydrogen) atoms. The molecule has 0 unspecified atom stereocenters. The van der Waals surface area contributed by atoms with Gasteiger partial charge in [0.25, 0.3) is 11.8 Å². The standard InChI is InChI=1S/C29H23F7N4O3S/c1-43-22-7-4-17(40-9-8-15(37)13-40)12-19(22)26(41)39-24-18-5-2-14(28(31,32)33)10-23(18)44-25(24)27(42)38-16-3-6-21(30)20(11-16)29(34,35)36/h2-7,10-12,15H,8-9,13,37H2,1H3,(H,38,42)(H,39,41)/t15-/m0/s1. The summed E-state index contributed by atoms with van der Waals surface area (Å²) in [6, 6.07) is 9.27. The first kappa shape index (κ1) is 31.1. The third-order valence-electron chi connectivity index (χ3n) is 7.01. The molecule has 1 fully saturated rings. The Labute approximate surface area is 249 Å². The summed E-state index contributed by atoms with van der Waals surface area (Å²) in [6.45, 7) is 1.20. The summed E-state index contributed by atoms with van der Waals surface area (Å²) in [5, 5.41) is 4.89. The van der Waals surface area contributed by atoms with Gasteiger partial charge >= 0.3 is 12.4 Å². The number of hydrogen-bond donors (Lipinski definition) is 3. The number of nitrogens with one attached hydrogen (secondary N) is 2. The predicted octanol–water partition coefficient (Wildman–Crippen LogP) is 7.13. The van der Waals surface area contributed by atoms with Gasteiger partial charge in [0, 0.05) is 40.6 Å². The molecule has 0 radical (unpaired) electrons. The number of ether oxygens (including phenoxy) is 1. The van der Waals surface area contributed by atoms with Crippen molar-refractivity contribution in [3.63, 3.8) is 0 Å². The van der Waals surface area contributed by atoms with Crippen LogP contribution in [0, 0.1) is 5.82 Å². The minimum Gasteiger partial charge on any atom is -0.496 e. The molecule has 7 nitrogen and oxygen atoms in total. The third kappa shape index (κ3) is 6.28. The number of nitrogens with zero attached hydrogens (tertiary/aromatic N) is 1. The molecular weight excluding hydrogens is 617 g/mol. The fourth-order valence-corrected chi connectivity index (χ4v) is 5.93. The summed E-state index contributed by atoms with van der Waals surface area (Å²) in [5.74, 6) is -3.19. The average Bonchev–Trinajstić information content (AvgIpc) is 3.55. The molecule has 2 amide bonds. The Bertz CT molecular complexity index is 1750. The Hall–Kier alpha value is -4.37. The molecule has 3 aromatic carbocycles. The number of alkyl halides is 6. The van der Waals surface area contributed by atoms with Gasteiger partial charge in [0.05, 0.1) is 29.5 Å². The van der Waals surface area contributed by atoms with Gasteiger partial charge in [-0.3, -0.25) is 9.59 Å². The van der Waals surface area contributed by atoms with Crippen molar-refractivity contribution < 1.29 is 45.1 Å². The van der Waals surface area contributed by atoms with Crippen molar-refractivity contribution in [2.24, 2.45) is 5.73 Å². The molecule has 5 rings (SSSR count). The van der Waals surface area contributed by atoms with E-state index in [-0.39, 0.29) is 38.0 Å². The van der Waals surface area contributed by atoms with E-state index in [1.165, 1.54) is 7.11 Å². The van der Waals surface area contributed by atoms with E-state index in [2.05, 4.69) is 10.6 Å². The van der Waals surface area contributed by atoms with Crippen LogP contribution >= 0.6 is 11.3 Å². The van der Waals surface area contributed by atoms with E-state index in [1.807, 2.05) is 4.90 Å². The van der Waals surface area contributed by atoms with E-state index in [0.717, 1.165) is 30.7 Å². The van der Waals surface area contributed by atoms with Crippen molar-refractivity contribution in [3.8, 4) is 5.75 Å². The van der Waals surface area contributed by atoms with E-state index in [4.69, 9.17) is 10.5 Å². The third-order valence-corrected chi connectivity index (χ3v) is 8.16. The number of carbonyl (C=O) groups is 2. The number of carbonyl (C=O) groups excluding carboxylic acids is 2. The number of hydrogen-bond acceptors (Lipinski definition) is 6. The minimum atomic E-state index is -5.05. The van der Waals surface area contributed by atoms with Gasteiger partial charge in [0.1, 0.15) is 16.4 Å². The molecule has 4 aromatic rings. The molecule has 1 aromatic heterocycles. The highest BCUT2D eigenvalue weighted by molar-refractivity contribution is 7.21. The summed E-state index contributed by atoms with van der Waals surface area (Å²) < 4.78 is 99.1. The first-order valence-corrected chi connectivity index (χ1v) is 13.8. The molecule has 15 heteroatoms. The maximum Gasteiger partial charge on any atom is 0.419 e. The van der Waals surface area contributed by atoms with Crippen LogP contribution in [0.5, 0.6) is 5.75 Å². The molecule has 1 saturated heterocycles. The molecule has 1 aliphatic rings. The maximum absolute atomic E-state index is 13.8. The molecule has 1 aliphatic heterocycles. The predicted molar refractivity (Wildman–Crippen MR) is 152 cm³/mol. The number of fused-ring (bicyclic) bond motifs is 1. The van der Waals surface area contributed by atoms with Crippen molar-refractivity contribution >= 4 is 50.3 Å². The molecule has 0 saturated carbocycles. The molecule has 2 heterocycles. The number of anilines is 3. The van der Waals surface area contributed by atoms with Gasteiger partial charge < -0.3 is 26.0 Å². The van der Waals surface area contributed by atoms with Crippen molar-refractivity contribution in [2.45, 2.75) is 24.8 Å². The fraction of sp³-hybridized carbons (Fsp3) is 0.241. The van der Waals surface area contributed by atoms with Crippen LogP contribution in [-0.2, 0) is 12.4 Å². The van der Waals surface area contributed by atoms with Gasteiger partial charge in [-0.05, 0) is 55.0 Å². The zero-order chi connectivity index (χ0) is 32.0. The van der Waals surface area contributed by atoms with Crippen LogP contribution in [0.2, 0.25) is 0 Å². The maximum atomic E-state index is 13.8. The van der Waals surface area contributed by atoms with Gasteiger partial charge in [-0.2, -0.15) is 26.3 Å². The van der Waals surface area contributed by atoms with Gasteiger partial charge in [0.2, 0.25) is 0 Å². The van der Waals surface area contributed by atoms with Crippen LogP contribution in [0.1, 0.15) is 37.6 Å². The van der Waals surface area contributed by atoms with E-state index in [1.54, 1.807) is 18.2 Å². The topological polar surface area (TPSA) is 96.7 Å². The Morgan fingerprint density at radius 2 is 1.70 bits per heavy atom. The summed E-state index contributed by atoms with van der Waals surface area (Å²) in [5.41, 5.74) is 3.50. The van der Waals surface area contributed by atoms with Crippen LogP contribution in [0.15, 0.2) is 54.6 Å². The van der Waals surface area contributed by atoms with Crippen LogP contribution in [0.25, 0.3) is 10.1 Å².